The van der Waals surface area contributed by atoms with Crippen LogP contribution in [-0.4, -0.2) is 53.6 Å². The van der Waals surface area contributed by atoms with Gasteiger partial charge in [-0.1, -0.05) is 12.1 Å². The third-order valence-electron chi connectivity index (χ3n) is 5.57. The minimum absolute atomic E-state index is 0.472. The van der Waals surface area contributed by atoms with E-state index in [-0.39, 0.29) is 0 Å². The Morgan fingerprint density at radius 1 is 1.06 bits per heavy atom. The highest BCUT2D eigenvalue weighted by Crippen LogP contribution is 2.24. The van der Waals surface area contributed by atoms with E-state index in [1.54, 1.807) is 21.3 Å². The zero-order valence-corrected chi connectivity index (χ0v) is 19.6. The maximum absolute atomic E-state index is 6.15. The van der Waals surface area contributed by atoms with Crippen LogP contribution in [0.15, 0.2) is 41.4 Å². The molecule has 0 saturated carbocycles. The summed E-state index contributed by atoms with van der Waals surface area (Å²) < 4.78 is 22.4. The second-order valence-corrected chi connectivity index (χ2v) is 7.93. The Morgan fingerprint density at radius 3 is 2.66 bits per heavy atom. The van der Waals surface area contributed by atoms with Gasteiger partial charge in [0.1, 0.15) is 17.2 Å². The Kier molecular flexibility index (Phi) is 9.04. The summed E-state index contributed by atoms with van der Waals surface area (Å²) >= 11 is 0. The van der Waals surface area contributed by atoms with Crippen LogP contribution >= 0.6 is 0 Å². The minimum atomic E-state index is 0.472. The Hall–Kier alpha value is -2.93. The van der Waals surface area contributed by atoms with Crippen molar-refractivity contribution in [1.29, 1.82) is 0 Å². The van der Waals surface area contributed by atoms with Crippen LogP contribution in [0, 0.1) is 12.8 Å². The average Bonchev–Trinajstić information content (AvgIpc) is 3.34. The fourth-order valence-electron chi connectivity index (χ4n) is 3.66. The molecule has 0 aromatic heterocycles. The van der Waals surface area contributed by atoms with Gasteiger partial charge in [-0.05, 0) is 55.2 Å². The summed E-state index contributed by atoms with van der Waals surface area (Å²) in [7, 11) is 5.12. The van der Waals surface area contributed by atoms with Crippen LogP contribution in [-0.2, 0) is 17.7 Å². The van der Waals surface area contributed by atoms with Crippen molar-refractivity contribution in [2.75, 3.05) is 47.6 Å². The molecule has 1 heterocycles. The van der Waals surface area contributed by atoms with E-state index in [0.717, 1.165) is 60.4 Å². The molecule has 2 N–H and O–H groups in total. The molecule has 32 heavy (non-hydrogen) atoms. The van der Waals surface area contributed by atoms with Crippen LogP contribution in [0.5, 0.6) is 17.2 Å². The molecule has 7 nitrogen and oxygen atoms in total. The first-order valence-electron chi connectivity index (χ1n) is 11.1. The lowest BCUT2D eigenvalue weighted by Gasteiger charge is -2.17. The highest BCUT2D eigenvalue weighted by molar-refractivity contribution is 5.79. The van der Waals surface area contributed by atoms with Crippen molar-refractivity contribution < 1.29 is 18.9 Å². The van der Waals surface area contributed by atoms with E-state index in [1.165, 1.54) is 5.56 Å². The number of rotatable bonds is 10. The fourth-order valence-corrected chi connectivity index (χ4v) is 3.66. The van der Waals surface area contributed by atoms with Gasteiger partial charge < -0.3 is 29.6 Å². The molecule has 1 unspecified atom stereocenters. The van der Waals surface area contributed by atoms with E-state index in [4.69, 9.17) is 18.9 Å². The van der Waals surface area contributed by atoms with E-state index >= 15 is 0 Å². The number of aliphatic imine (C=N–C) groups is 1. The number of nitrogens with zero attached hydrogens (tertiary/aromatic N) is 1. The quantitative estimate of drug-likeness (QED) is 0.435. The number of aryl methyl sites for hydroxylation is 1. The summed E-state index contributed by atoms with van der Waals surface area (Å²) in [5.74, 6) is 3.80. The predicted molar refractivity (Wildman–Crippen MR) is 127 cm³/mol. The standard InChI is InChI=1S/C25H35N3O4/c1-18-5-6-21(24(13-18)32-17-19-10-12-31-16-19)15-28-25(26-2)27-11-9-20-14-22(29-3)7-8-23(20)30-4/h5-8,13-14,19H,9-12,15-17H2,1-4H3,(H2,26,27,28). The molecule has 0 radical (unpaired) electrons. The van der Waals surface area contributed by atoms with Crippen molar-refractivity contribution in [3.05, 3.63) is 53.1 Å². The van der Waals surface area contributed by atoms with Gasteiger partial charge >= 0.3 is 0 Å². The molecule has 7 heteroatoms. The highest BCUT2D eigenvalue weighted by Gasteiger charge is 2.17. The van der Waals surface area contributed by atoms with Crippen LogP contribution in [0.25, 0.3) is 0 Å². The molecule has 174 valence electrons. The Balaban J connectivity index is 1.53. The zero-order chi connectivity index (χ0) is 22.8. The molecule has 0 aliphatic carbocycles. The molecule has 0 spiro atoms. The zero-order valence-electron chi connectivity index (χ0n) is 19.6. The van der Waals surface area contributed by atoms with E-state index in [0.29, 0.717) is 25.6 Å². The smallest absolute Gasteiger partial charge is 0.191 e. The van der Waals surface area contributed by atoms with Gasteiger partial charge in [0.05, 0.1) is 27.4 Å². The number of nitrogens with one attached hydrogen (secondary N) is 2. The van der Waals surface area contributed by atoms with Gasteiger partial charge in [-0.25, -0.2) is 0 Å². The molecule has 2 aromatic rings. The van der Waals surface area contributed by atoms with Crippen LogP contribution in [0.3, 0.4) is 0 Å². The lowest BCUT2D eigenvalue weighted by molar-refractivity contribution is 0.166. The third-order valence-corrected chi connectivity index (χ3v) is 5.57. The maximum atomic E-state index is 6.15. The Morgan fingerprint density at radius 2 is 1.94 bits per heavy atom. The summed E-state index contributed by atoms with van der Waals surface area (Å²) in [6, 6.07) is 12.1. The first-order chi connectivity index (χ1) is 15.6. The number of methoxy groups -OCH3 is 2. The number of hydrogen-bond acceptors (Lipinski definition) is 5. The SMILES string of the molecule is CN=C(NCCc1cc(OC)ccc1OC)NCc1ccc(C)cc1OCC1CCOC1. The fraction of sp³-hybridized carbons (Fsp3) is 0.480. The third kappa shape index (κ3) is 6.79. The second-order valence-electron chi connectivity index (χ2n) is 7.93. The topological polar surface area (TPSA) is 73.3 Å². The van der Waals surface area contributed by atoms with Gasteiger partial charge in [0.25, 0.3) is 0 Å². The van der Waals surface area contributed by atoms with Crippen molar-refractivity contribution in [2.45, 2.75) is 26.3 Å². The molecule has 1 aliphatic rings. The predicted octanol–water partition coefficient (Wildman–Crippen LogP) is 3.34. The van der Waals surface area contributed by atoms with Crippen molar-refractivity contribution in [3.8, 4) is 17.2 Å². The van der Waals surface area contributed by atoms with Crippen LogP contribution in [0.4, 0.5) is 0 Å². The molecule has 0 amide bonds. The van der Waals surface area contributed by atoms with Gasteiger partial charge in [-0.2, -0.15) is 0 Å². The normalized spacial score (nSPS) is 16.0. The first kappa shape index (κ1) is 23.7. The van der Waals surface area contributed by atoms with Crippen molar-refractivity contribution in [3.63, 3.8) is 0 Å². The summed E-state index contributed by atoms with van der Waals surface area (Å²) in [5, 5.41) is 6.76. The van der Waals surface area contributed by atoms with Gasteiger partial charge in [-0.15, -0.1) is 0 Å². The van der Waals surface area contributed by atoms with E-state index in [1.807, 2.05) is 18.2 Å². The maximum Gasteiger partial charge on any atom is 0.191 e. The number of guanidine groups is 1. The monoisotopic (exact) mass is 441 g/mol. The van der Waals surface area contributed by atoms with Crippen molar-refractivity contribution in [1.82, 2.24) is 10.6 Å². The first-order valence-corrected chi connectivity index (χ1v) is 11.1. The molecule has 2 aromatic carbocycles. The van der Waals surface area contributed by atoms with Crippen LogP contribution in [0.1, 0.15) is 23.1 Å². The van der Waals surface area contributed by atoms with Gasteiger partial charge in [-0.3, -0.25) is 4.99 Å². The molecule has 0 bridgehead atoms. The molecule has 1 aliphatic heterocycles. The van der Waals surface area contributed by atoms with Gasteiger partial charge in [0, 0.05) is 38.2 Å². The number of benzene rings is 2. The Labute approximate surface area is 191 Å². The van der Waals surface area contributed by atoms with Gasteiger partial charge in [0.2, 0.25) is 0 Å². The van der Waals surface area contributed by atoms with Gasteiger partial charge in [0.15, 0.2) is 5.96 Å². The highest BCUT2D eigenvalue weighted by atomic mass is 16.5. The minimum Gasteiger partial charge on any atom is -0.497 e. The van der Waals surface area contributed by atoms with Crippen molar-refractivity contribution in [2.24, 2.45) is 10.9 Å². The average molecular weight is 442 g/mol. The summed E-state index contributed by atoms with van der Waals surface area (Å²) in [6.07, 6.45) is 1.84. The molecule has 3 rings (SSSR count). The molecular weight excluding hydrogens is 406 g/mol. The molecule has 1 saturated heterocycles. The molecule has 1 atom stereocenters. The largest absolute Gasteiger partial charge is 0.497 e. The van der Waals surface area contributed by atoms with Crippen molar-refractivity contribution >= 4 is 5.96 Å². The number of hydrogen-bond donors (Lipinski definition) is 2. The summed E-state index contributed by atoms with van der Waals surface area (Å²) in [5.41, 5.74) is 3.37. The lowest BCUT2D eigenvalue weighted by atomic mass is 10.1. The van der Waals surface area contributed by atoms with E-state index < -0.39 is 0 Å². The Bertz CT molecular complexity index is 895. The number of ether oxygens (including phenoxy) is 4. The lowest BCUT2D eigenvalue weighted by Crippen LogP contribution is -2.38. The van der Waals surface area contributed by atoms with Crippen LogP contribution in [0.2, 0.25) is 0 Å². The van der Waals surface area contributed by atoms with E-state index in [2.05, 4.69) is 40.7 Å². The summed E-state index contributed by atoms with van der Waals surface area (Å²) in [4.78, 5) is 4.35. The second kappa shape index (κ2) is 12.2. The molecule has 1 fully saturated rings. The van der Waals surface area contributed by atoms with E-state index in [9.17, 15) is 0 Å². The van der Waals surface area contributed by atoms with Crippen LogP contribution < -0.4 is 24.8 Å². The summed E-state index contributed by atoms with van der Waals surface area (Å²) in [6.45, 7) is 5.72. The molecular formula is C25H35N3O4.